The highest BCUT2D eigenvalue weighted by atomic mass is 19.4. The van der Waals surface area contributed by atoms with Gasteiger partial charge in [0.2, 0.25) is 0 Å². The van der Waals surface area contributed by atoms with Crippen molar-refractivity contribution >= 4 is 11.6 Å². The predicted octanol–water partition coefficient (Wildman–Crippen LogP) is 4.10. The molecular formula is C20H24F3N3O. The first-order chi connectivity index (χ1) is 12.8. The van der Waals surface area contributed by atoms with Gasteiger partial charge in [0.1, 0.15) is 0 Å². The fourth-order valence-corrected chi connectivity index (χ4v) is 2.99. The quantitative estimate of drug-likeness (QED) is 0.712. The van der Waals surface area contributed by atoms with Crippen LogP contribution in [0.2, 0.25) is 0 Å². The minimum Gasteiger partial charge on any atom is -0.399 e. The van der Waals surface area contributed by atoms with Gasteiger partial charge < -0.3 is 11.1 Å². The fraction of sp³-hybridized carbons (Fsp3) is 0.350. The zero-order valence-electron chi connectivity index (χ0n) is 15.4. The van der Waals surface area contributed by atoms with Crippen molar-refractivity contribution in [2.75, 3.05) is 25.4 Å². The summed E-state index contributed by atoms with van der Waals surface area (Å²) in [4.78, 5) is 14.5. The van der Waals surface area contributed by atoms with Gasteiger partial charge in [0.15, 0.2) is 0 Å². The molecule has 0 aromatic heterocycles. The Labute approximate surface area is 157 Å². The number of benzene rings is 2. The van der Waals surface area contributed by atoms with Gasteiger partial charge in [-0.3, -0.25) is 9.69 Å². The molecule has 2 aromatic rings. The van der Waals surface area contributed by atoms with Crippen molar-refractivity contribution in [1.29, 1.82) is 0 Å². The van der Waals surface area contributed by atoms with Crippen LogP contribution in [0.4, 0.5) is 18.9 Å². The number of carbonyl (C=O) groups is 1. The number of carbonyl (C=O) groups excluding carboxylic acids is 1. The lowest BCUT2D eigenvalue weighted by Crippen LogP contribution is -2.38. The summed E-state index contributed by atoms with van der Waals surface area (Å²) in [5, 5.41) is 2.86. The van der Waals surface area contributed by atoms with Crippen LogP contribution < -0.4 is 11.1 Å². The van der Waals surface area contributed by atoms with Crippen molar-refractivity contribution in [3.8, 4) is 0 Å². The topological polar surface area (TPSA) is 58.4 Å². The molecular weight excluding hydrogens is 355 g/mol. The number of nitrogens with one attached hydrogen (secondary N) is 1. The molecule has 146 valence electrons. The van der Waals surface area contributed by atoms with E-state index in [9.17, 15) is 18.0 Å². The Morgan fingerprint density at radius 1 is 1.11 bits per heavy atom. The Bertz CT molecular complexity index is 756. The number of anilines is 1. The maximum absolute atomic E-state index is 12.8. The molecule has 0 fully saturated rings. The van der Waals surface area contributed by atoms with Crippen LogP contribution in [0.1, 0.15) is 41.4 Å². The molecule has 0 aliphatic heterocycles. The Morgan fingerprint density at radius 2 is 1.74 bits per heavy atom. The molecule has 2 aromatic carbocycles. The number of halogens is 3. The maximum atomic E-state index is 12.8. The molecule has 1 unspecified atom stereocenters. The van der Waals surface area contributed by atoms with Crippen LogP contribution in [0.5, 0.6) is 0 Å². The number of nitrogens with zero attached hydrogens (tertiary/aromatic N) is 1. The van der Waals surface area contributed by atoms with Crippen LogP contribution in [-0.2, 0) is 6.18 Å². The summed E-state index contributed by atoms with van der Waals surface area (Å²) in [5.41, 5.74) is 6.68. The number of alkyl halides is 3. The Kier molecular flexibility index (Phi) is 6.85. The SMILES string of the molecule is CCN(CC)C(CNC(=O)c1cccc(N)c1)c1ccc(C(F)(F)F)cc1. The number of likely N-dealkylation sites (N-methyl/N-ethyl adjacent to an activating group) is 1. The van der Waals surface area contributed by atoms with E-state index in [1.165, 1.54) is 12.1 Å². The van der Waals surface area contributed by atoms with Gasteiger partial charge in [-0.25, -0.2) is 0 Å². The van der Waals surface area contributed by atoms with Crippen LogP contribution in [0.15, 0.2) is 48.5 Å². The number of amides is 1. The molecule has 2 rings (SSSR count). The Morgan fingerprint density at radius 3 is 2.26 bits per heavy atom. The standard InChI is InChI=1S/C20H24F3N3O/c1-3-26(4-2)18(14-8-10-16(11-9-14)20(21,22)23)13-25-19(27)15-6-5-7-17(24)12-15/h5-12,18H,3-4,13,24H2,1-2H3,(H,25,27). The number of hydrogen-bond acceptors (Lipinski definition) is 3. The summed E-state index contributed by atoms with van der Waals surface area (Å²) >= 11 is 0. The first kappa shape index (κ1) is 20.8. The molecule has 0 aliphatic rings. The predicted molar refractivity (Wildman–Crippen MR) is 100 cm³/mol. The zero-order chi connectivity index (χ0) is 20.0. The third kappa shape index (κ3) is 5.47. The summed E-state index contributed by atoms with van der Waals surface area (Å²) in [6.07, 6.45) is -4.37. The van der Waals surface area contributed by atoms with Crippen molar-refractivity contribution in [2.45, 2.75) is 26.1 Å². The van der Waals surface area contributed by atoms with E-state index in [2.05, 4.69) is 10.2 Å². The monoisotopic (exact) mass is 379 g/mol. The van der Waals surface area contributed by atoms with Gasteiger partial charge in [-0.1, -0.05) is 32.0 Å². The fourth-order valence-electron chi connectivity index (χ4n) is 2.99. The van der Waals surface area contributed by atoms with E-state index in [0.29, 0.717) is 24.3 Å². The molecule has 0 saturated heterocycles. The van der Waals surface area contributed by atoms with Crippen LogP contribution in [0.3, 0.4) is 0 Å². The van der Waals surface area contributed by atoms with Gasteiger partial charge in [0, 0.05) is 17.8 Å². The molecule has 1 atom stereocenters. The molecule has 0 aliphatic carbocycles. The molecule has 0 heterocycles. The summed E-state index contributed by atoms with van der Waals surface area (Å²) in [6.45, 7) is 5.63. The van der Waals surface area contributed by atoms with Crippen molar-refractivity contribution in [2.24, 2.45) is 0 Å². The van der Waals surface area contributed by atoms with Crippen LogP contribution in [-0.4, -0.2) is 30.4 Å². The molecule has 0 bridgehead atoms. The molecule has 4 nitrogen and oxygen atoms in total. The van der Waals surface area contributed by atoms with E-state index in [1.807, 2.05) is 13.8 Å². The van der Waals surface area contributed by atoms with Gasteiger partial charge in [0.05, 0.1) is 11.6 Å². The van der Waals surface area contributed by atoms with Crippen molar-refractivity contribution in [3.63, 3.8) is 0 Å². The second kappa shape index (κ2) is 8.90. The average Bonchev–Trinajstić information content (AvgIpc) is 2.64. The lowest BCUT2D eigenvalue weighted by atomic mass is 10.0. The second-order valence-electron chi connectivity index (χ2n) is 6.19. The molecule has 1 amide bonds. The highest BCUT2D eigenvalue weighted by Crippen LogP contribution is 2.30. The van der Waals surface area contributed by atoms with E-state index in [1.54, 1.807) is 24.3 Å². The highest BCUT2D eigenvalue weighted by Gasteiger charge is 2.30. The zero-order valence-corrected chi connectivity index (χ0v) is 15.4. The minimum absolute atomic E-state index is 0.229. The van der Waals surface area contributed by atoms with Gasteiger partial charge in [0.25, 0.3) is 5.91 Å². The highest BCUT2D eigenvalue weighted by molar-refractivity contribution is 5.95. The van der Waals surface area contributed by atoms with Crippen molar-refractivity contribution < 1.29 is 18.0 Å². The van der Waals surface area contributed by atoms with Gasteiger partial charge >= 0.3 is 6.18 Å². The Hall–Kier alpha value is -2.54. The number of nitrogens with two attached hydrogens (primary N) is 1. The second-order valence-corrected chi connectivity index (χ2v) is 6.19. The van der Waals surface area contributed by atoms with Crippen LogP contribution in [0, 0.1) is 0 Å². The third-order valence-electron chi connectivity index (χ3n) is 4.48. The smallest absolute Gasteiger partial charge is 0.399 e. The number of rotatable bonds is 7. The first-order valence-corrected chi connectivity index (χ1v) is 8.81. The molecule has 3 N–H and O–H groups in total. The van der Waals surface area contributed by atoms with E-state index in [0.717, 1.165) is 17.7 Å². The van der Waals surface area contributed by atoms with Gasteiger partial charge in [-0.15, -0.1) is 0 Å². The molecule has 7 heteroatoms. The summed E-state index contributed by atoms with van der Waals surface area (Å²) in [6, 6.07) is 11.5. The molecule has 27 heavy (non-hydrogen) atoms. The Balaban J connectivity index is 2.18. The summed E-state index contributed by atoms with van der Waals surface area (Å²) in [7, 11) is 0. The minimum atomic E-state index is -4.37. The van der Waals surface area contributed by atoms with Crippen LogP contribution >= 0.6 is 0 Å². The van der Waals surface area contributed by atoms with Crippen LogP contribution in [0.25, 0.3) is 0 Å². The van der Waals surface area contributed by atoms with Crippen molar-refractivity contribution in [3.05, 3.63) is 65.2 Å². The van der Waals surface area contributed by atoms with Gasteiger partial charge in [-0.2, -0.15) is 13.2 Å². The average molecular weight is 379 g/mol. The van der Waals surface area contributed by atoms with E-state index >= 15 is 0 Å². The maximum Gasteiger partial charge on any atom is 0.416 e. The van der Waals surface area contributed by atoms with E-state index in [-0.39, 0.29) is 18.5 Å². The normalized spacial score (nSPS) is 12.8. The van der Waals surface area contributed by atoms with Gasteiger partial charge in [-0.05, 0) is 49.0 Å². The lowest BCUT2D eigenvalue weighted by Gasteiger charge is -2.30. The summed E-state index contributed by atoms with van der Waals surface area (Å²) < 4.78 is 38.4. The van der Waals surface area contributed by atoms with E-state index < -0.39 is 11.7 Å². The molecule has 0 saturated carbocycles. The number of nitrogen functional groups attached to an aromatic ring is 1. The number of hydrogen-bond donors (Lipinski definition) is 2. The molecule has 0 spiro atoms. The lowest BCUT2D eigenvalue weighted by molar-refractivity contribution is -0.137. The largest absolute Gasteiger partial charge is 0.416 e. The summed E-state index contributed by atoms with van der Waals surface area (Å²) in [5.74, 6) is -0.272. The van der Waals surface area contributed by atoms with E-state index in [4.69, 9.17) is 5.73 Å². The third-order valence-corrected chi connectivity index (χ3v) is 4.48. The first-order valence-electron chi connectivity index (χ1n) is 8.81. The molecule has 0 radical (unpaired) electrons. The van der Waals surface area contributed by atoms with Crippen molar-refractivity contribution in [1.82, 2.24) is 10.2 Å².